The highest BCUT2D eigenvalue weighted by atomic mass is 16.1. The van der Waals surface area contributed by atoms with E-state index in [0.29, 0.717) is 24.4 Å². The molecule has 0 spiro atoms. The first-order chi connectivity index (χ1) is 16.1. The zero-order valence-electron chi connectivity index (χ0n) is 20.2. The van der Waals surface area contributed by atoms with E-state index >= 15 is 0 Å². The second-order valence-corrected chi connectivity index (χ2v) is 10.0. The van der Waals surface area contributed by atoms with E-state index < -0.39 is 0 Å². The highest BCUT2D eigenvalue weighted by Gasteiger charge is 2.41. The van der Waals surface area contributed by atoms with Crippen molar-refractivity contribution in [3.63, 3.8) is 0 Å². The van der Waals surface area contributed by atoms with Gasteiger partial charge in [-0.3, -0.25) is 4.79 Å². The third-order valence-corrected chi connectivity index (χ3v) is 8.00. The topological polar surface area (TPSA) is 66.0 Å². The van der Waals surface area contributed by atoms with Crippen LogP contribution in [-0.2, 0) is 17.8 Å². The molecule has 3 aromatic rings. The number of benzene rings is 1. The number of piperidine rings is 1. The Hall–Kier alpha value is -2.60. The van der Waals surface area contributed by atoms with Gasteiger partial charge in [-0.05, 0) is 56.3 Å². The van der Waals surface area contributed by atoms with Gasteiger partial charge >= 0.3 is 0 Å². The predicted octanol–water partition coefficient (Wildman–Crippen LogP) is 4.43. The third-order valence-electron chi connectivity index (χ3n) is 8.00. The van der Waals surface area contributed by atoms with E-state index in [0.717, 1.165) is 50.9 Å². The Morgan fingerprint density at radius 2 is 2.21 bits per heavy atom. The van der Waals surface area contributed by atoms with Gasteiger partial charge in [-0.2, -0.15) is 0 Å². The number of carbonyl (C=O) groups excluding carboxylic acids is 1. The molecule has 1 aromatic carbocycles. The van der Waals surface area contributed by atoms with Gasteiger partial charge in [0, 0.05) is 66.5 Å². The minimum Gasteiger partial charge on any atom is -0.356 e. The molecule has 1 unspecified atom stereocenters. The van der Waals surface area contributed by atoms with Gasteiger partial charge in [0.1, 0.15) is 0 Å². The molecule has 1 aliphatic carbocycles. The Labute approximate surface area is 196 Å². The van der Waals surface area contributed by atoms with Gasteiger partial charge in [-0.25, -0.2) is 4.98 Å². The molecule has 0 saturated carbocycles. The van der Waals surface area contributed by atoms with Crippen LogP contribution in [-0.4, -0.2) is 51.5 Å². The van der Waals surface area contributed by atoms with E-state index in [1.165, 1.54) is 22.0 Å². The van der Waals surface area contributed by atoms with Crippen molar-refractivity contribution >= 4 is 16.8 Å². The number of aromatic nitrogens is 3. The van der Waals surface area contributed by atoms with Gasteiger partial charge in [0.2, 0.25) is 5.91 Å². The summed E-state index contributed by atoms with van der Waals surface area (Å²) in [4.78, 5) is 23.0. The predicted molar refractivity (Wildman–Crippen MR) is 132 cm³/mol. The van der Waals surface area contributed by atoms with Gasteiger partial charge in [0.15, 0.2) is 0 Å². The number of likely N-dealkylation sites (N-methyl/N-ethyl adjacent to an activating group) is 1. The number of amides is 1. The molecular formula is C27H37N5O. The summed E-state index contributed by atoms with van der Waals surface area (Å²) in [6, 6.07) is 7.26. The fourth-order valence-corrected chi connectivity index (χ4v) is 6.32. The number of H-pyrrole nitrogens is 1. The standard InChI is InChI=1S/C27H37N5O/c1-4-11-32-16-19-13-25-22(21-7-6-8-24(32)26(19)21)12-20(15-31(25)3)27(33)29-10-9-18(5-2)23-14-28-17-30-23/h6-8,14,16-18,20,22,25H,4-5,9-13,15H2,1-3H3,(H,28,30)(H,29,33)/t18?,20-,22-,25-/m1/s1. The summed E-state index contributed by atoms with van der Waals surface area (Å²) in [6.45, 7) is 7.04. The Morgan fingerprint density at radius 1 is 1.33 bits per heavy atom. The average molecular weight is 448 g/mol. The summed E-state index contributed by atoms with van der Waals surface area (Å²) in [5.74, 6) is 1.08. The number of nitrogens with one attached hydrogen (secondary N) is 2. The van der Waals surface area contributed by atoms with Crippen LogP contribution in [0.2, 0.25) is 0 Å². The van der Waals surface area contributed by atoms with Crippen LogP contribution in [0.15, 0.2) is 36.9 Å². The fourth-order valence-electron chi connectivity index (χ4n) is 6.32. The van der Waals surface area contributed by atoms with Gasteiger partial charge in [0.05, 0.1) is 12.2 Å². The van der Waals surface area contributed by atoms with Crippen LogP contribution in [0.4, 0.5) is 0 Å². The minimum atomic E-state index is 0.0398. The van der Waals surface area contributed by atoms with Crippen LogP contribution in [0.1, 0.15) is 68.2 Å². The van der Waals surface area contributed by atoms with E-state index in [4.69, 9.17) is 0 Å². The molecule has 2 aromatic heterocycles. The Morgan fingerprint density at radius 3 is 2.97 bits per heavy atom. The normalized spacial score (nSPS) is 23.4. The third kappa shape index (κ3) is 4.10. The molecule has 176 valence electrons. The lowest BCUT2D eigenvalue weighted by Gasteiger charge is -2.45. The number of aromatic amines is 1. The lowest BCUT2D eigenvalue weighted by Crippen LogP contribution is -2.51. The average Bonchev–Trinajstić information content (AvgIpc) is 3.47. The lowest BCUT2D eigenvalue weighted by molar-refractivity contribution is -0.127. The summed E-state index contributed by atoms with van der Waals surface area (Å²) in [7, 11) is 2.20. The molecule has 5 rings (SSSR count). The maximum atomic E-state index is 13.2. The number of fused-ring (bicyclic) bond motifs is 2. The molecular weight excluding hydrogens is 410 g/mol. The van der Waals surface area contributed by atoms with Crippen LogP contribution in [0.25, 0.3) is 10.9 Å². The van der Waals surface area contributed by atoms with Crippen LogP contribution in [0.3, 0.4) is 0 Å². The number of hydrogen-bond acceptors (Lipinski definition) is 3. The molecule has 1 saturated heterocycles. The number of carbonyl (C=O) groups is 1. The van der Waals surface area contributed by atoms with Crippen molar-refractivity contribution in [2.75, 3.05) is 20.1 Å². The molecule has 33 heavy (non-hydrogen) atoms. The van der Waals surface area contributed by atoms with Crippen LogP contribution in [0, 0.1) is 5.92 Å². The van der Waals surface area contributed by atoms with Crippen molar-refractivity contribution in [3.05, 3.63) is 53.7 Å². The number of nitrogens with zero attached hydrogens (tertiary/aromatic N) is 3. The highest BCUT2D eigenvalue weighted by Crippen LogP contribution is 2.45. The van der Waals surface area contributed by atoms with Crippen molar-refractivity contribution < 1.29 is 4.79 Å². The van der Waals surface area contributed by atoms with Crippen molar-refractivity contribution in [3.8, 4) is 0 Å². The van der Waals surface area contributed by atoms with E-state index in [9.17, 15) is 4.79 Å². The second-order valence-electron chi connectivity index (χ2n) is 10.0. The Bertz CT molecular complexity index is 1100. The monoisotopic (exact) mass is 447 g/mol. The molecule has 4 atom stereocenters. The van der Waals surface area contributed by atoms with Crippen molar-refractivity contribution in [2.24, 2.45) is 5.92 Å². The largest absolute Gasteiger partial charge is 0.356 e. The Kier molecular flexibility index (Phi) is 6.28. The highest BCUT2D eigenvalue weighted by molar-refractivity contribution is 5.89. The molecule has 1 aliphatic heterocycles. The zero-order chi connectivity index (χ0) is 22.9. The fraction of sp³-hybridized carbons (Fsp3) is 0.556. The maximum Gasteiger partial charge on any atom is 0.224 e. The van der Waals surface area contributed by atoms with Crippen molar-refractivity contribution in [2.45, 2.75) is 70.4 Å². The minimum absolute atomic E-state index is 0.0398. The molecule has 3 heterocycles. The summed E-state index contributed by atoms with van der Waals surface area (Å²) in [5, 5.41) is 4.71. The Balaban J connectivity index is 1.29. The molecule has 1 amide bonds. The summed E-state index contributed by atoms with van der Waals surface area (Å²) >= 11 is 0. The van der Waals surface area contributed by atoms with E-state index in [-0.39, 0.29) is 11.8 Å². The number of hydrogen-bond donors (Lipinski definition) is 2. The second kappa shape index (κ2) is 9.34. The van der Waals surface area contributed by atoms with E-state index in [2.05, 4.69) is 70.0 Å². The molecule has 0 bridgehead atoms. The van der Waals surface area contributed by atoms with Gasteiger partial charge in [-0.1, -0.05) is 26.0 Å². The summed E-state index contributed by atoms with van der Waals surface area (Å²) in [5.41, 5.74) is 5.45. The van der Waals surface area contributed by atoms with Gasteiger partial charge in [0.25, 0.3) is 0 Å². The molecule has 6 nitrogen and oxygen atoms in total. The molecule has 6 heteroatoms. The van der Waals surface area contributed by atoms with Crippen LogP contribution >= 0.6 is 0 Å². The summed E-state index contributed by atoms with van der Waals surface area (Å²) in [6.07, 6.45) is 11.2. The lowest BCUT2D eigenvalue weighted by atomic mass is 9.72. The first-order valence-electron chi connectivity index (χ1n) is 12.7. The maximum absolute atomic E-state index is 13.2. The first kappa shape index (κ1) is 22.2. The number of imidazole rings is 1. The van der Waals surface area contributed by atoms with Crippen molar-refractivity contribution in [1.82, 2.24) is 24.8 Å². The van der Waals surface area contributed by atoms with Crippen LogP contribution < -0.4 is 5.32 Å². The number of aryl methyl sites for hydroxylation is 1. The van der Waals surface area contributed by atoms with Gasteiger partial charge < -0.3 is 19.8 Å². The van der Waals surface area contributed by atoms with Crippen LogP contribution in [0.5, 0.6) is 0 Å². The summed E-state index contributed by atoms with van der Waals surface area (Å²) < 4.78 is 2.43. The molecule has 2 aliphatic rings. The molecule has 2 N–H and O–H groups in total. The first-order valence-corrected chi connectivity index (χ1v) is 12.7. The van der Waals surface area contributed by atoms with Gasteiger partial charge in [-0.15, -0.1) is 0 Å². The SMILES string of the molecule is CCCn1cc2c3c(cccc31)[C@H]1C[C@@H](C(=O)NCCC(CC)c3cnc[nH]3)CN(C)[C@@H]1C2. The number of likely N-dealkylation sites (tertiary alicyclic amines) is 1. The zero-order valence-corrected chi connectivity index (χ0v) is 20.2. The molecule has 0 radical (unpaired) electrons. The smallest absolute Gasteiger partial charge is 0.224 e. The van der Waals surface area contributed by atoms with E-state index in [1.807, 2.05) is 6.20 Å². The van der Waals surface area contributed by atoms with E-state index in [1.54, 1.807) is 6.33 Å². The molecule has 1 fully saturated rings. The quantitative estimate of drug-likeness (QED) is 0.537. The number of rotatable bonds is 8. The van der Waals surface area contributed by atoms with Crippen molar-refractivity contribution in [1.29, 1.82) is 0 Å².